The number of benzene rings is 1. The Kier molecular flexibility index (Phi) is 5.57. The first-order chi connectivity index (χ1) is 16.4. The quantitative estimate of drug-likeness (QED) is 0.478. The standard InChI is InChI=1S/C25H25N5O3S/c1-14(2)30-23-17(12-27-30)16(11-18(28-23)22-10-9-15(3)34-22)25(32)29-13-21(24(31)26-4)33-20-8-6-5-7-19(20)29/h5-12,14,21H,13H2,1-4H3,(H,26,31). The Hall–Kier alpha value is -3.72. The van der Waals surface area contributed by atoms with Crippen LogP contribution in [0.25, 0.3) is 21.6 Å². The number of thiophene rings is 1. The van der Waals surface area contributed by atoms with Gasteiger partial charge in [-0.25, -0.2) is 9.67 Å². The van der Waals surface area contributed by atoms with Gasteiger partial charge in [0.05, 0.1) is 39.9 Å². The molecule has 174 valence electrons. The minimum atomic E-state index is -0.806. The van der Waals surface area contributed by atoms with E-state index >= 15 is 0 Å². The van der Waals surface area contributed by atoms with Gasteiger partial charge in [-0.2, -0.15) is 5.10 Å². The van der Waals surface area contributed by atoms with E-state index in [1.165, 1.54) is 0 Å². The van der Waals surface area contributed by atoms with Crippen LogP contribution in [0.15, 0.2) is 48.7 Å². The molecule has 0 spiro atoms. The highest BCUT2D eigenvalue weighted by Gasteiger charge is 2.35. The summed E-state index contributed by atoms with van der Waals surface area (Å²) in [6, 6.07) is 13.2. The summed E-state index contributed by atoms with van der Waals surface area (Å²) in [5.74, 6) is -0.0163. The fourth-order valence-corrected chi connectivity index (χ4v) is 4.97. The second kappa shape index (κ2) is 8.57. The number of carbonyl (C=O) groups excluding carboxylic acids is 2. The molecule has 1 unspecified atom stereocenters. The van der Waals surface area contributed by atoms with Gasteiger partial charge in [0, 0.05) is 18.0 Å². The number of fused-ring (bicyclic) bond motifs is 2. The molecule has 1 aliphatic heterocycles. The number of pyridine rings is 1. The summed E-state index contributed by atoms with van der Waals surface area (Å²) < 4.78 is 7.72. The molecule has 4 aromatic rings. The monoisotopic (exact) mass is 475 g/mol. The number of nitrogens with zero attached hydrogens (tertiary/aromatic N) is 4. The van der Waals surface area contributed by atoms with Crippen molar-refractivity contribution in [2.45, 2.75) is 32.9 Å². The molecule has 1 aromatic carbocycles. The lowest BCUT2D eigenvalue weighted by Crippen LogP contribution is -2.50. The summed E-state index contributed by atoms with van der Waals surface area (Å²) >= 11 is 1.63. The number of aryl methyl sites for hydroxylation is 1. The van der Waals surface area contributed by atoms with E-state index in [1.807, 2.05) is 61.9 Å². The Bertz CT molecular complexity index is 1410. The maximum atomic E-state index is 14.1. The maximum absolute atomic E-state index is 14.1. The first kappa shape index (κ1) is 22.1. The van der Waals surface area contributed by atoms with Crippen molar-refractivity contribution in [1.82, 2.24) is 20.1 Å². The zero-order valence-electron chi connectivity index (χ0n) is 19.4. The molecular weight excluding hydrogens is 450 g/mol. The van der Waals surface area contributed by atoms with Crippen molar-refractivity contribution in [2.75, 3.05) is 18.5 Å². The molecular formula is C25H25N5O3S. The van der Waals surface area contributed by atoms with Gasteiger partial charge in [-0.05, 0) is 51.1 Å². The highest BCUT2D eigenvalue weighted by Crippen LogP contribution is 2.36. The number of amides is 2. The third-order valence-corrected chi connectivity index (χ3v) is 6.86. The lowest BCUT2D eigenvalue weighted by molar-refractivity contribution is -0.127. The van der Waals surface area contributed by atoms with Gasteiger partial charge in [0.25, 0.3) is 11.8 Å². The highest BCUT2D eigenvalue weighted by molar-refractivity contribution is 7.15. The molecule has 0 radical (unpaired) electrons. The van der Waals surface area contributed by atoms with E-state index in [9.17, 15) is 9.59 Å². The van der Waals surface area contributed by atoms with Crippen LogP contribution in [-0.4, -0.2) is 46.3 Å². The van der Waals surface area contributed by atoms with E-state index in [4.69, 9.17) is 9.72 Å². The number of anilines is 1. The van der Waals surface area contributed by atoms with E-state index in [0.717, 1.165) is 15.4 Å². The Balaban J connectivity index is 1.67. The normalized spacial score (nSPS) is 15.3. The molecule has 34 heavy (non-hydrogen) atoms. The number of hydrogen-bond acceptors (Lipinski definition) is 6. The Morgan fingerprint density at radius 2 is 2.00 bits per heavy atom. The Labute approximate surface area is 201 Å². The maximum Gasteiger partial charge on any atom is 0.262 e. The van der Waals surface area contributed by atoms with Gasteiger partial charge in [0.2, 0.25) is 0 Å². The van der Waals surface area contributed by atoms with Crippen LogP contribution in [-0.2, 0) is 4.79 Å². The number of rotatable bonds is 4. The van der Waals surface area contributed by atoms with Crippen LogP contribution in [0.3, 0.4) is 0 Å². The number of hydrogen-bond donors (Lipinski definition) is 1. The largest absolute Gasteiger partial charge is 0.477 e. The Morgan fingerprint density at radius 3 is 2.71 bits per heavy atom. The minimum Gasteiger partial charge on any atom is -0.477 e. The van der Waals surface area contributed by atoms with Crippen LogP contribution in [0.5, 0.6) is 5.75 Å². The summed E-state index contributed by atoms with van der Waals surface area (Å²) in [5.41, 5.74) is 2.50. The third-order valence-electron chi connectivity index (χ3n) is 5.84. The number of para-hydroxylation sites is 2. The van der Waals surface area contributed by atoms with E-state index < -0.39 is 6.10 Å². The van der Waals surface area contributed by atoms with Crippen LogP contribution < -0.4 is 15.0 Å². The van der Waals surface area contributed by atoms with Crippen molar-refractivity contribution in [1.29, 1.82) is 0 Å². The van der Waals surface area contributed by atoms with Crippen LogP contribution in [0, 0.1) is 6.92 Å². The molecule has 3 aromatic heterocycles. The first-order valence-corrected chi connectivity index (χ1v) is 11.9. The number of likely N-dealkylation sites (N-methyl/N-ethyl adjacent to an activating group) is 1. The highest BCUT2D eigenvalue weighted by atomic mass is 32.1. The summed E-state index contributed by atoms with van der Waals surface area (Å²) in [6.07, 6.45) is 0.890. The summed E-state index contributed by atoms with van der Waals surface area (Å²) in [4.78, 5) is 35.1. The second-order valence-corrected chi connectivity index (χ2v) is 9.78. The smallest absolute Gasteiger partial charge is 0.262 e. The van der Waals surface area contributed by atoms with Crippen LogP contribution in [0.1, 0.15) is 35.1 Å². The number of aromatic nitrogens is 3. The molecule has 0 aliphatic carbocycles. The molecule has 0 saturated carbocycles. The van der Waals surface area contributed by atoms with Crippen molar-refractivity contribution in [3.8, 4) is 16.3 Å². The average Bonchev–Trinajstić information content (AvgIpc) is 3.48. The van der Waals surface area contributed by atoms with Crippen LogP contribution in [0.2, 0.25) is 0 Å². The van der Waals surface area contributed by atoms with Crippen molar-refractivity contribution >= 4 is 39.9 Å². The molecule has 8 nitrogen and oxygen atoms in total. The topological polar surface area (TPSA) is 89.4 Å². The molecule has 0 fully saturated rings. The summed E-state index contributed by atoms with van der Waals surface area (Å²) in [7, 11) is 1.56. The van der Waals surface area contributed by atoms with Crippen molar-refractivity contribution in [3.05, 3.63) is 59.1 Å². The molecule has 2 amide bonds. The zero-order chi connectivity index (χ0) is 24.0. The van der Waals surface area contributed by atoms with Gasteiger partial charge in [-0.15, -0.1) is 11.3 Å². The summed E-state index contributed by atoms with van der Waals surface area (Å²) in [5, 5.41) is 7.82. The fourth-order valence-electron chi connectivity index (χ4n) is 4.14. The molecule has 1 atom stereocenters. The van der Waals surface area contributed by atoms with Crippen molar-refractivity contribution in [2.24, 2.45) is 0 Å². The van der Waals surface area contributed by atoms with E-state index in [2.05, 4.69) is 10.4 Å². The van der Waals surface area contributed by atoms with Gasteiger partial charge in [-0.3, -0.25) is 9.59 Å². The van der Waals surface area contributed by atoms with E-state index in [0.29, 0.717) is 28.0 Å². The third kappa shape index (κ3) is 3.71. The van der Waals surface area contributed by atoms with Crippen LogP contribution in [0.4, 0.5) is 5.69 Å². The van der Waals surface area contributed by atoms with Crippen LogP contribution >= 0.6 is 11.3 Å². The molecule has 0 bridgehead atoms. The van der Waals surface area contributed by atoms with Gasteiger partial charge >= 0.3 is 0 Å². The predicted molar refractivity (Wildman–Crippen MR) is 133 cm³/mol. The number of carbonyl (C=O) groups is 2. The predicted octanol–water partition coefficient (Wildman–Crippen LogP) is 4.20. The lowest BCUT2D eigenvalue weighted by atomic mass is 10.1. The van der Waals surface area contributed by atoms with Crippen molar-refractivity contribution < 1.29 is 14.3 Å². The van der Waals surface area contributed by atoms with Gasteiger partial charge < -0.3 is 15.0 Å². The van der Waals surface area contributed by atoms with E-state index in [1.54, 1.807) is 35.5 Å². The molecule has 1 N–H and O–H groups in total. The molecule has 9 heteroatoms. The minimum absolute atomic E-state index is 0.0787. The SMILES string of the molecule is CNC(=O)C1CN(C(=O)c2cc(-c3ccc(C)s3)nc3c2cnn3C(C)C)c2ccccc2O1. The fraction of sp³-hybridized carbons (Fsp3) is 0.280. The van der Waals surface area contributed by atoms with Gasteiger partial charge in [0.15, 0.2) is 11.8 Å². The molecule has 0 saturated heterocycles. The first-order valence-electron chi connectivity index (χ1n) is 11.1. The second-order valence-electron chi connectivity index (χ2n) is 8.49. The lowest BCUT2D eigenvalue weighted by Gasteiger charge is -2.34. The molecule has 1 aliphatic rings. The van der Waals surface area contributed by atoms with Gasteiger partial charge in [0.1, 0.15) is 5.75 Å². The van der Waals surface area contributed by atoms with E-state index in [-0.39, 0.29) is 24.4 Å². The zero-order valence-corrected chi connectivity index (χ0v) is 20.2. The average molecular weight is 476 g/mol. The molecule has 4 heterocycles. The number of ether oxygens (including phenoxy) is 1. The number of nitrogens with one attached hydrogen (secondary N) is 1. The molecule has 5 rings (SSSR count). The summed E-state index contributed by atoms with van der Waals surface area (Å²) in [6.45, 7) is 6.21. The Morgan fingerprint density at radius 1 is 1.21 bits per heavy atom. The van der Waals surface area contributed by atoms with Crippen molar-refractivity contribution in [3.63, 3.8) is 0 Å². The van der Waals surface area contributed by atoms with Gasteiger partial charge in [-0.1, -0.05) is 12.1 Å².